The van der Waals surface area contributed by atoms with Gasteiger partial charge in [-0.2, -0.15) is 0 Å². The van der Waals surface area contributed by atoms with Gasteiger partial charge >= 0.3 is 0 Å². The highest BCUT2D eigenvalue weighted by Gasteiger charge is 2.30. The van der Waals surface area contributed by atoms with Crippen molar-refractivity contribution in [2.75, 3.05) is 6.61 Å². The van der Waals surface area contributed by atoms with Crippen molar-refractivity contribution >= 4 is 12.2 Å². The van der Waals surface area contributed by atoms with Crippen molar-refractivity contribution in [1.29, 1.82) is 0 Å². The Kier molecular flexibility index (Phi) is 4.48. The SMILES string of the molecule is NNC(=O)C1CCC(COc2cccc(C=O)c2)O1. The van der Waals surface area contributed by atoms with E-state index in [0.717, 1.165) is 12.7 Å². The first-order chi connectivity index (χ1) is 9.22. The molecule has 1 aromatic carbocycles. The van der Waals surface area contributed by atoms with E-state index in [1.54, 1.807) is 24.3 Å². The zero-order valence-electron chi connectivity index (χ0n) is 10.4. The van der Waals surface area contributed by atoms with Crippen molar-refractivity contribution in [3.63, 3.8) is 0 Å². The largest absolute Gasteiger partial charge is 0.491 e. The predicted molar refractivity (Wildman–Crippen MR) is 67.5 cm³/mol. The van der Waals surface area contributed by atoms with E-state index in [1.165, 1.54) is 0 Å². The van der Waals surface area contributed by atoms with Crippen molar-refractivity contribution in [3.05, 3.63) is 29.8 Å². The minimum atomic E-state index is -0.500. The van der Waals surface area contributed by atoms with Crippen LogP contribution in [0.4, 0.5) is 0 Å². The maximum atomic E-state index is 11.3. The first-order valence-electron chi connectivity index (χ1n) is 6.07. The Morgan fingerprint density at radius 1 is 1.53 bits per heavy atom. The topological polar surface area (TPSA) is 90.6 Å². The van der Waals surface area contributed by atoms with Crippen LogP contribution in [-0.4, -0.2) is 31.0 Å². The monoisotopic (exact) mass is 264 g/mol. The molecule has 1 heterocycles. The normalized spacial score (nSPS) is 21.9. The molecule has 1 aliphatic rings. The zero-order chi connectivity index (χ0) is 13.7. The highest BCUT2D eigenvalue weighted by atomic mass is 16.5. The Hall–Kier alpha value is -1.92. The summed E-state index contributed by atoms with van der Waals surface area (Å²) >= 11 is 0. The van der Waals surface area contributed by atoms with Gasteiger partial charge in [0.15, 0.2) is 0 Å². The minimum absolute atomic E-state index is 0.137. The molecule has 1 aromatic rings. The molecule has 3 N–H and O–H groups in total. The number of aldehydes is 1. The quantitative estimate of drug-likeness (QED) is 0.348. The fourth-order valence-corrected chi connectivity index (χ4v) is 1.98. The number of hydrazine groups is 1. The van der Waals surface area contributed by atoms with Crippen LogP contribution in [0, 0.1) is 0 Å². The van der Waals surface area contributed by atoms with Gasteiger partial charge in [-0.1, -0.05) is 12.1 Å². The number of benzene rings is 1. The number of ether oxygens (including phenoxy) is 2. The highest BCUT2D eigenvalue weighted by Crippen LogP contribution is 2.21. The third-order valence-corrected chi connectivity index (χ3v) is 2.97. The van der Waals surface area contributed by atoms with Crippen LogP contribution >= 0.6 is 0 Å². The Balaban J connectivity index is 1.83. The molecule has 1 fully saturated rings. The lowest BCUT2D eigenvalue weighted by atomic mass is 10.2. The second-order valence-corrected chi connectivity index (χ2v) is 4.33. The van der Waals surface area contributed by atoms with E-state index >= 15 is 0 Å². The van der Waals surface area contributed by atoms with Crippen molar-refractivity contribution < 1.29 is 19.1 Å². The molecular formula is C13H16N2O4. The van der Waals surface area contributed by atoms with E-state index in [9.17, 15) is 9.59 Å². The second-order valence-electron chi connectivity index (χ2n) is 4.33. The maximum Gasteiger partial charge on any atom is 0.263 e. The van der Waals surface area contributed by atoms with Gasteiger partial charge in [0.2, 0.25) is 0 Å². The molecule has 19 heavy (non-hydrogen) atoms. The van der Waals surface area contributed by atoms with Gasteiger partial charge in [0.05, 0.1) is 6.10 Å². The van der Waals surface area contributed by atoms with Gasteiger partial charge in [-0.25, -0.2) is 5.84 Å². The number of amides is 1. The summed E-state index contributed by atoms with van der Waals surface area (Å²) in [5, 5.41) is 0. The molecule has 0 aliphatic carbocycles. The second kappa shape index (κ2) is 6.31. The summed E-state index contributed by atoms with van der Waals surface area (Å²) in [6, 6.07) is 6.88. The molecule has 2 unspecified atom stereocenters. The van der Waals surface area contributed by atoms with Crippen molar-refractivity contribution in [3.8, 4) is 5.75 Å². The zero-order valence-corrected chi connectivity index (χ0v) is 10.4. The molecular weight excluding hydrogens is 248 g/mol. The maximum absolute atomic E-state index is 11.3. The van der Waals surface area contributed by atoms with Gasteiger partial charge in [-0.3, -0.25) is 15.0 Å². The van der Waals surface area contributed by atoms with Gasteiger partial charge < -0.3 is 9.47 Å². The van der Waals surface area contributed by atoms with Crippen LogP contribution in [0.15, 0.2) is 24.3 Å². The molecule has 2 atom stereocenters. The van der Waals surface area contributed by atoms with E-state index in [1.807, 2.05) is 0 Å². The van der Waals surface area contributed by atoms with Gasteiger partial charge in [0.1, 0.15) is 24.7 Å². The minimum Gasteiger partial charge on any atom is -0.491 e. The fourth-order valence-electron chi connectivity index (χ4n) is 1.98. The first-order valence-corrected chi connectivity index (χ1v) is 6.07. The fraction of sp³-hybridized carbons (Fsp3) is 0.385. The average molecular weight is 264 g/mol. The predicted octanol–water partition coefficient (Wildman–Crippen LogP) is 0.415. The first kappa shape index (κ1) is 13.5. The van der Waals surface area contributed by atoms with Gasteiger partial charge in [0, 0.05) is 5.56 Å². The summed E-state index contributed by atoms with van der Waals surface area (Å²) < 4.78 is 11.1. The summed E-state index contributed by atoms with van der Waals surface area (Å²) in [5.41, 5.74) is 2.63. The third kappa shape index (κ3) is 3.52. The number of hydrogen-bond donors (Lipinski definition) is 2. The van der Waals surface area contributed by atoms with Crippen LogP contribution in [0.1, 0.15) is 23.2 Å². The molecule has 0 saturated carbocycles. The van der Waals surface area contributed by atoms with Crippen LogP contribution in [0.5, 0.6) is 5.75 Å². The van der Waals surface area contributed by atoms with Crippen LogP contribution < -0.4 is 16.0 Å². The molecule has 0 spiro atoms. The van der Waals surface area contributed by atoms with E-state index < -0.39 is 6.10 Å². The summed E-state index contributed by atoms with van der Waals surface area (Å²) in [6.07, 6.45) is 1.50. The highest BCUT2D eigenvalue weighted by molar-refractivity contribution is 5.80. The molecule has 1 aliphatic heterocycles. The van der Waals surface area contributed by atoms with Crippen LogP contribution in [0.2, 0.25) is 0 Å². The van der Waals surface area contributed by atoms with Crippen LogP contribution in [0.25, 0.3) is 0 Å². The standard InChI is InChI=1S/C13H16N2O4/c14-15-13(17)12-5-4-11(19-12)8-18-10-3-1-2-9(6-10)7-16/h1-3,6-7,11-12H,4-5,8,14H2,(H,15,17). The van der Waals surface area contributed by atoms with Crippen LogP contribution in [0.3, 0.4) is 0 Å². The number of carbonyl (C=O) groups is 2. The Labute approximate surface area is 110 Å². The molecule has 102 valence electrons. The Morgan fingerprint density at radius 3 is 3.11 bits per heavy atom. The molecule has 0 aromatic heterocycles. The Morgan fingerprint density at radius 2 is 2.37 bits per heavy atom. The van der Waals surface area contributed by atoms with Gasteiger partial charge in [0.25, 0.3) is 5.91 Å². The summed E-state index contributed by atoms with van der Waals surface area (Å²) in [7, 11) is 0. The van der Waals surface area contributed by atoms with Gasteiger partial charge in [-0.15, -0.1) is 0 Å². The lowest BCUT2D eigenvalue weighted by Crippen LogP contribution is -2.39. The molecule has 0 radical (unpaired) electrons. The number of nitrogens with two attached hydrogens (primary N) is 1. The van der Waals surface area contributed by atoms with E-state index in [4.69, 9.17) is 15.3 Å². The van der Waals surface area contributed by atoms with Gasteiger partial charge in [-0.05, 0) is 25.0 Å². The molecule has 0 bridgehead atoms. The molecule has 2 rings (SSSR count). The summed E-state index contributed by atoms with van der Waals surface area (Å²) in [4.78, 5) is 21.9. The number of carbonyl (C=O) groups excluding carboxylic acids is 2. The van der Waals surface area contributed by atoms with E-state index in [-0.39, 0.29) is 12.0 Å². The lowest BCUT2D eigenvalue weighted by Gasteiger charge is -2.13. The molecule has 6 heteroatoms. The number of rotatable bonds is 5. The Bertz CT molecular complexity index is 464. The number of nitrogens with one attached hydrogen (secondary N) is 1. The van der Waals surface area contributed by atoms with Crippen LogP contribution in [-0.2, 0) is 9.53 Å². The molecule has 6 nitrogen and oxygen atoms in total. The average Bonchev–Trinajstić information content (AvgIpc) is 2.93. The smallest absolute Gasteiger partial charge is 0.263 e. The summed E-state index contributed by atoms with van der Waals surface area (Å²) in [6.45, 7) is 0.344. The van der Waals surface area contributed by atoms with E-state index in [0.29, 0.717) is 24.3 Å². The van der Waals surface area contributed by atoms with Crippen molar-refractivity contribution in [2.24, 2.45) is 5.84 Å². The molecule has 1 amide bonds. The van der Waals surface area contributed by atoms with Crippen molar-refractivity contribution in [1.82, 2.24) is 5.43 Å². The lowest BCUT2D eigenvalue weighted by molar-refractivity contribution is -0.132. The molecule has 1 saturated heterocycles. The third-order valence-electron chi connectivity index (χ3n) is 2.97. The number of hydrogen-bond acceptors (Lipinski definition) is 5. The summed E-state index contributed by atoms with van der Waals surface area (Å²) in [5.74, 6) is 5.35. The van der Waals surface area contributed by atoms with Crippen molar-refractivity contribution in [2.45, 2.75) is 25.0 Å². The van der Waals surface area contributed by atoms with E-state index in [2.05, 4.69) is 5.43 Å².